The molecular weight excluding hydrogens is 128 g/mol. The van der Waals surface area contributed by atoms with Crippen LogP contribution in [0.2, 0.25) is 0 Å². The summed E-state index contributed by atoms with van der Waals surface area (Å²) in [5, 5.41) is 15.8. The van der Waals surface area contributed by atoms with Crippen molar-refractivity contribution in [2.24, 2.45) is 0 Å². The van der Waals surface area contributed by atoms with Crippen LogP contribution in [0.15, 0.2) is 0 Å². The van der Waals surface area contributed by atoms with Gasteiger partial charge in [0.05, 0.1) is 12.8 Å². The maximum absolute atomic E-state index is 9.64. The van der Waals surface area contributed by atoms with E-state index in [-0.39, 0.29) is 18.3 Å². The van der Waals surface area contributed by atoms with E-state index in [9.17, 15) is 9.59 Å². The molecule has 0 spiro atoms. The summed E-state index contributed by atoms with van der Waals surface area (Å²) in [5.41, 5.74) is 0. The largest absolute Gasteiger partial charge is 0.481 e. The van der Waals surface area contributed by atoms with E-state index in [1.807, 2.05) is 0 Å². The molecule has 5 heteroatoms. The van der Waals surface area contributed by atoms with Gasteiger partial charge in [-0.25, -0.2) is 0 Å². The smallest absolute Gasteiger partial charge is 0.303 e. The normalized spacial score (nSPS) is 7.56. The Balaban J connectivity index is 0. The maximum atomic E-state index is 9.64. The van der Waals surface area contributed by atoms with Crippen molar-refractivity contribution in [1.29, 1.82) is 0 Å². The molecular formula is C4H7O5. The Bertz CT molecular complexity index is 93.5. The fraction of sp³-hybridized carbons (Fsp3) is 0.500. The Hall–Kier alpha value is -1.10. The van der Waals surface area contributed by atoms with Gasteiger partial charge in [0.1, 0.15) is 0 Å². The van der Waals surface area contributed by atoms with Crippen molar-refractivity contribution in [3.63, 3.8) is 0 Å². The van der Waals surface area contributed by atoms with Crippen LogP contribution in [0.5, 0.6) is 0 Å². The summed E-state index contributed by atoms with van der Waals surface area (Å²) in [6, 6.07) is 0. The second-order valence-electron chi connectivity index (χ2n) is 1.29. The highest BCUT2D eigenvalue weighted by Crippen LogP contribution is 1.85. The molecule has 0 rings (SSSR count). The fourth-order valence-corrected chi connectivity index (χ4v) is 0.214. The highest BCUT2D eigenvalue weighted by molar-refractivity contribution is 5.75. The van der Waals surface area contributed by atoms with E-state index in [0.717, 1.165) is 0 Å². The zero-order valence-electron chi connectivity index (χ0n) is 4.57. The molecule has 0 amide bonds. The van der Waals surface area contributed by atoms with Gasteiger partial charge in [0, 0.05) is 0 Å². The lowest BCUT2D eigenvalue weighted by Crippen LogP contribution is -2.00. The van der Waals surface area contributed by atoms with Crippen molar-refractivity contribution in [3.05, 3.63) is 0 Å². The third-order valence-electron chi connectivity index (χ3n) is 0.553. The average molecular weight is 135 g/mol. The summed E-state index contributed by atoms with van der Waals surface area (Å²) in [5.74, 6) is -2.15. The third-order valence-corrected chi connectivity index (χ3v) is 0.553. The van der Waals surface area contributed by atoms with E-state index < -0.39 is 11.9 Å². The third kappa shape index (κ3) is 10.9. The summed E-state index contributed by atoms with van der Waals surface area (Å²) < 4.78 is 0. The molecule has 9 heavy (non-hydrogen) atoms. The topological polar surface area (TPSA) is 105 Å². The predicted molar refractivity (Wildman–Crippen MR) is 26.4 cm³/mol. The minimum Gasteiger partial charge on any atom is -0.481 e. The van der Waals surface area contributed by atoms with Crippen LogP contribution >= 0.6 is 0 Å². The van der Waals surface area contributed by atoms with Crippen LogP contribution in [0.25, 0.3) is 0 Å². The molecule has 0 aromatic rings. The lowest BCUT2D eigenvalue weighted by Gasteiger charge is -1.85. The number of hydrogen-bond donors (Lipinski definition) is 3. The van der Waals surface area contributed by atoms with Crippen molar-refractivity contribution < 1.29 is 25.3 Å². The number of rotatable bonds is 3. The molecule has 0 unspecified atom stereocenters. The van der Waals surface area contributed by atoms with Crippen LogP contribution in [0, 0.1) is 0 Å². The summed E-state index contributed by atoms with van der Waals surface area (Å²) in [4.78, 5) is 19.3. The number of carbonyl (C=O) groups is 2. The van der Waals surface area contributed by atoms with E-state index in [2.05, 4.69) is 0 Å². The fourth-order valence-electron chi connectivity index (χ4n) is 0.214. The van der Waals surface area contributed by atoms with Gasteiger partial charge in [-0.2, -0.15) is 0 Å². The van der Waals surface area contributed by atoms with Gasteiger partial charge in [0.25, 0.3) is 0 Å². The molecule has 0 aliphatic carbocycles. The van der Waals surface area contributed by atoms with Gasteiger partial charge >= 0.3 is 11.9 Å². The van der Waals surface area contributed by atoms with E-state index in [1.165, 1.54) is 0 Å². The van der Waals surface area contributed by atoms with Crippen LogP contribution in [-0.4, -0.2) is 27.6 Å². The van der Waals surface area contributed by atoms with Crippen LogP contribution in [0.4, 0.5) is 0 Å². The quantitative estimate of drug-likeness (QED) is 0.496. The van der Waals surface area contributed by atoms with Crippen molar-refractivity contribution >= 4 is 11.9 Å². The van der Waals surface area contributed by atoms with Crippen molar-refractivity contribution in [3.8, 4) is 0 Å². The lowest BCUT2D eigenvalue weighted by atomic mass is 10.3. The minimum absolute atomic E-state index is 0. The molecule has 0 aliphatic rings. The van der Waals surface area contributed by atoms with Crippen LogP contribution in [-0.2, 0) is 9.59 Å². The molecule has 0 heterocycles. The number of carboxylic acid groups (broad SMARTS) is 2. The molecule has 0 aromatic carbocycles. The summed E-state index contributed by atoms with van der Waals surface area (Å²) in [7, 11) is 0. The molecule has 3 N–H and O–H groups in total. The van der Waals surface area contributed by atoms with E-state index in [0.29, 0.717) is 0 Å². The van der Waals surface area contributed by atoms with Gasteiger partial charge in [0.2, 0.25) is 0 Å². The number of hydrogen-bond acceptors (Lipinski definition) is 2. The first kappa shape index (κ1) is 10.8. The number of carboxylic acids is 2. The van der Waals surface area contributed by atoms with Gasteiger partial charge in [-0.15, -0.1) is 0 Å². The van der Waals surface area contributed by atoms with Crippen molar-refractivity contribution in [2.75, 3.05) is 0 Å². The standard InChI is InChI=1S/C4H6O4.HO/c5-3(6)1-2-4(7)8;/h1-2H2,(H,5,6)(H,7,8);1H. The second-order valence-corrected chi connectivity index (χ2v) is 1.29. The van der Waals surface area contributed by atoms with Gasteiger partial charge in [0.15, 0.2) is 0 Å². The Kier molecular flexibility index (Phi) is 6.06. The zero-order chi connectivity index (χ0) is 6.57. The van der Waals surface area contributed by atoms with Gasteiger partial charge in [-0.1, -0.05) is 0 Å². The molecule has 1 radical (unpaired) electrons. The zero-order valence-corrected chi connectivity index (χ0v) is 4.57. The van der Waals surface area contributed by atoms with E-state index in [1.54, 1.807) is 0 Å². The van der Waals surface area contributed by atoms with Gasteiger partial charge in [-0.05, 0) is 0 Å². The second kappa shape index (κ2) is 5.04. The molecule has 53 valence electrons. The molecule has 0 aromatic heterocycles. The maximum Gasteiger partial charge on any atom is 0.303 e. The first-order valence-corrected chi connectivity index (χ1v) is 2.06. The van der Waals surface area contributed by atoms with Gasteiger partial charge in [-0.3, -0.25) is 15.1 Å². The van der Waals surface area contributed by atoms with Crippen molar-refractivity contribution in [1.82, 2.24) is 0 Å². The number of aliphatic carboxylic acids is 2. The highest BCUT2D eigenvalue weighted by atomic mass is 16.4. The molecule has 0 atom stereocenters. The lowest BCUT2D eigenvalue weighted by molar-refractivity contribution is -0.143. The Morgan fingerprint density at radius 2 is 1.22 bits per heavy atom. The van der Waals surface area contributed by atoms with Crippen molar-refractivity contribution in [2.45, 2.75) is 12.8 Å². The summed E-state index contributed by atoms with van der Waals surface area (Å²) >= 11 is 0. The molecule has 0 saturated carbocycles. The molecule has 0 saturated heterocycles. The first-order valence-electron chi connectivity index (χ1n) is 2.06. The van der Waals surface area contributed by atoms with Crippen LogP contribution in [0.1, 0.15) is 12.8 Å². The molecule has 5 nitrogen and oxygen atoms in total. The van der Waals surface area contributed by atoms with Crippen LogP contribution < -0.4 is 0 Å². The van der Waals surface area contributed by atoms with Crippen LogP contribution in [0.3, 0.4) is 0 Å². The molecule has 0 bridgehead atoms. The monoisotopic (exact) mass is 135 g/mol. The van der Waals surface area contributed by atoms with E-state index >= 15 is 0 Å². The highest BCUT2D eigenvalue weighted by Gasteiger charge is 2.00. The predicted octanol–water partition coefficient (Wildman–Crippen LogP) is -0.241. The SMILES string of the molecule is O=C(O)CCC(=O)O.[OH]. The average Bonchev–Trinajstić information content (AvgIpc) is 1.61. The molecule has 0 aliphatic heterocycles. The Morgan fingerprint density at radius 1 is 1.00 bits per heavy atom. The van der Waals surface area contributed by atoms with E-state index in [4.69, 9.17) is 10.2 Å². The first-order chi connectivity index (χ1) is 3.63. The summed E-state index contributed by atoms with van der Waals surface area (Å²) in [6.07, 6.45) is -0.593. The Labute approximate surface area is 51.2 Å². The Morgan fingerprint density at radius 3 is 1.33 bits per heavy atom. The molecule has 0 fully saturated rings. The van der Waals surface area contributed by atoms with Gasteiger partial charge < -0.3 is 10.2 Å². The minimum atomic E-state index is -1.08. The summed E-state index contributed by atoms with van der Waals surface area (Å²) in [6.45, 7) is 0.